The molecule has 0 saturated carbocycles. The number of amides is 1. The molecule has 1 atom stereocenters. The molecule has 0 spiro atoms. The van der Waals surface area contributed by atoms with Crippen molar-refractivity contribution in [3.05, 3.63) is 34.9 Å². The zero-order valence-corrected chi connectivity index (χ0v) is 11.2. The van der Waals surface area contributed by atoms with Gasteiger partial charge in [-0.3, -0.25) is 9.59 Å². The van der Waals surface area contributed by atoms with Crippen LogP contribution in [0.5, 0.6) is 0 Å². The van der Waals surface area contributed by atoms with Gasteiger partial charge in [-0.15, -0.1) is 0 Å². The van der Waals surface area contributed by atoms with E-state index in [0.717, 1.165) is 5.56 Å². The van der Waals surface area contributed by atoms with Crippen LogP contribution in [0.15, 0.2) is 24.3 Å². The molecular formula is C13H17ClN2O3. The lowest BCUT2D eigenvalue weighted by molar-refractivity contribution is -0.139. The Kier molecular flexibility index (Phi) is 6.32. The van der Waals surface area contributed by atoms with Crippen molar-refractivity contribution in [2.45, 2.75) is 25.3 Å². The van der Waals surface area contributed by atoms with Crippen molar-refractivity contribution in [2.24, 2.45) is 5.73 Å². The summed E-state index contributed by atoms with van der Waals surface area (Å²) in [5.41, 5.74) is 5.96. The second-order valence-corrected chi connectivity index (χ2v) is 4.60. The molecule has 1 rings (SSSR count). The zero-order valence-electron chi connectivity index (χ0n) is 10.4. The van der Waals surface area contributed by atoms with Gasteiger partial charge >= 0.3 is 5.97 Å². The number of halogens is 1. The maximum Gasteiger partial charge on any atom is 0.320 e. The maximum absolute atomic E-state index is 11.0. The predicted molar refractivity (Wildman–Crippen MR) is 73.0 cm³/mol. The molecule has 104 valence electrons. The van der Waals surface area contributed by atoms with Crippen LogP contribution < -0.4 is 11.1 Å². The van der Waals surface area contributed by atoms with E-state index in [2.05, 4.69) is 5.32 Å². The normalized spacial score (nSPS) is 12.1. The monoisotopic (exact) mass is 284 g/mol. The number of primary amides is 1. The Balaban J connectivity index is 2.42. The van der Waals surface area contributed by atoms with E-state index in [0.29, 0.717) is 18.0 Å². The first kappa shape index (κ1) is 15.5. The molecule has 1 aromatic rings. The third kappa shape index (κ3) is 5.72. The van der Waals surface area contributed by atoms with E-state index in [1.165, 1.54) is 0 Å². The van der Waals surface area contributed by atoms with Gasteiger partial charge in [-0.1, -0.05) is 29.8 Å². The first-order chi connectivity index (χ1) is 9.00. The van der Waals surface area contributed by atoms with Gasteiger partial charge in [0.25, 0.3) is 0 Å². The molecule has 0 aliphatic rings. The molecule has 1 aromatic carbocycles. The summed E-state index contributed by atoms with van der Waals surface area (Å²) in [5, 5.41) is 12.5. The number of benzene rings is 1. The van der Waals surface area contributed by atoms with Gasteiger partial charge in [0.2, 0.25) is 5.91 Å². The lowest BCUT2D eigenvalue weighted by Crippen LogP contribution is -2.38. The van der Waals surface area contributed by atoms with Gasteiger partial charge in [-0.25, -0.2) is 0 Å². The average Bonchev–Trinajstić information content (AvgIpc) is 2.34. The minimum absolute atomic E-state index is 0.0516. The molecule has 0 bridgehead atoms. The highest BCUT2D eigenvalue weighted by molar-refractivity contribution is 6.31. The van der Waals surface area contributed by atoms with Gasteiger partial charge in [0.05, 0.1) is 0 Å². The van der Waals surface area contributed by atoms with Gasteiger partial charge < -0.3 is 16.2 Å². The number of carbonyl (C=O) groups excluding carboxylic acids is 1. The van der Waals surface area contributed by atoms with Crippen LogP contribution in [0.3, 0.4) is 0 Å². The van der Waals surface area contributed by atoms with Crippen LogP contribution in [0.1, 0.15) is 18.4 Å². The number of hydrogen-bond donors (Lipinski definition) is 3. The summed E-state index contributed by atoms with van der Waals surface area (Å²) < 4.78 is 0. The third-order valence-corrected chi connectivity index (χ3v) is 3.09. The van der Waals surface area contributed by atoms with Crippen LogP contribution in [0, 0.1) is 0 Å². The van der Waals surface area contributed by atoms with Crippen molar-refractivity contribution in [3.8, 4) is 0 Å². The third-order valence-electron chi connectivity index (χ3n) is 2.72. The Morgan fingerprint density at radius 3 is 2.63 bits per heavy atom. The second kappa shape index (κ2) is 7.76. The van der Waals surface area contributed by atoms with Gasteiger partial charge in [-0.2, -0.15) is 0 Å². The molecule has 19 heavy (non-hydrogen) atoms. The number of nitrogens with one attached hydrogen (secondary N) is 1. The van der Waals surface area contributed by atoms with Crippen molar-refractivity contribution in [2.75, 3.05) is 6.54 Å². The van der Waals surface area contributed by atoms with Crippen LogP contribution in [-0.2, 0) is 16.0 Å². The largest absolute Gasteiger partial charge is 0.480 e. The number of hydrogen-bond acceptors (Lipinski definition) is 3. The summed E-state index contributed by atoms with van der Waals surface area (Å²) in [6, 6.07) is 6.63. The Labute approximate surface area is 116 Å². The molecule has 0 aromatic heterocycles. The molecule has 0 fully saturated rings. The fraction of sp³-hybridized carbons (Fsp3) is 0.385. The number of carboxylic acids is 1. The van der Waals surface area contributed by atoms with Crippen molar-refractivity contribution >= 4 is 23.5 Å². The van der Waals surface area contributed by atoms with Gasteiger partial charge in [0.1, 0.15) is 6.04 Å². The molecule has 0 saturated heterocycles. The van der Waals surface area contributed by atoms with E-state index in [-0.39, 0.29) is 12.8 Å². The highest BCUT2D eigenvalue weighted by Crippen LogP contribution is 2.14. The number of carboxylic acid groups (broad SMARTS) is 1. The average molecular weight is 285 g/mol. The predicted octanol–water partition coefficient (Wildman–Crippen LogP) is 1.19. The van der Waals surface area contributed by atoms with E-state index in [1.807, 2.05) is 18.2 Å². The van der Waals surface area contributed by atoms with E-state index in [9.17, 15) is 9.59 Å². The Bertz CT molecular complexity index is 451. The van der Waals surface area contributed by atoms with E-state index >= 15 is 0 Å². The number of nitrogens with two attached hydrogens (primary N) is 1. The summed E-state index contributed by atoms with van der Waals surface area (Å²) >= 11 is 6.00. The fourth-order valence-electron chi connectivity index (χ4n) is 1.68. The van der Waals surface area contributed by atoms with Gasteiger partial charge in [0, 0.05) is 18.0 Å². The number of rotatable bonds is 8. The van der Waals surface area contributed by atoms with Crippen molar-refractivity contribution in [1.29, 1.82) is 0 Å². The van der Waals surface area contributed by atoms with Crippen LogP contribution in [0.4, 0.5) is 0 Å². The summed E-state index contributed by atoms with van der Waals surface area (Å²) in [7, 11) is 0. The lowest BCUT2D eigenvalue weighted by Gasteiger charge is -2.13. The lowest BCUT2D eigenvalue weighted by atomic mass is 10.1. The SMILES string of the molecule is NC(=O)CC[C@H](NCCc1ccccc1Cl)C(=O)O. The van der Waals surface area contributed by atoms with Crippen molar-refractivity contribution in [3.63, 3.8) is 0 Å². The minimum atomic E-state index is -0.986. The van der Waals surface area contributed by atoms with Gasteiger partial charge in [0.15, 0.2) is 0 Å². The topological polar surface area (TPSA) is 92.4 Å². The molecule has 0 radical (unpaired) electrons. The van der Waals surface area contributed by atoms with Crippen molar-refractivity contribution in [1.82, 2.24) is 5.32 Å². The van der Waals surface area contributed by atoms with Crippen LogP contribution in [0.25, 0.3) is 0 Å². The first-order valence-electron chi connectivity index (χ1n) is 5.98. The Hall–Kier alpha value is -1.59. The molecule has 0 unspecified atom stereocenters. The summed E-state index contributed by atoms with van der Waals surface area (Å²) in [5.74, 6) is -1.49. The van der Waals surface area contributed by atoms with E-state index in [1.54, 1.807) is 6.07 Å². The first-order valence-corrected chi connectivity index (χ1v) is 6.36. The molecule has 4 N–H and O–H groups in total. The Morgan fingerprint density at radius 1 is 1.37 bits per heavy atom. The van der Waals surface area contributed by atoms with E-state index in [4.69, 9.17) is 22.4 Å². The highest BCUT2D eigenvalue weighted by Gasteiger charge is 2.17. The fourth-order valence-corrected chi connectivity index (χ4v) is 1.91. The van der Waals surface area contributed by atoms with E-state index < -0.39 is 17.9 Å². The van der Waals surface area contributed by atoms with Crippen LogP contribution >= 0.6 is 11.6 Å². The summed E-state index contributed by atoms with van der Waals surface area (Å²) in [6.07, 6.45) is 0.864. The molecule has 0 aliphatic heterocycles. The van der Waals surface area contributed by atoms with Gasteiger partial charge in [-0.05, 0) is 24.5 Å². The standard InChI is InChI=1S/C13H17ClN2O3/c14-10-4-2-1-3-9(10)7-8-16-11(13(18)19)5-6-12(15)17/h1-4,11,16H,5-8H2,(H2,15,17)(H,18,19)/t11-/m0/s1. The van der Waals surface area contributed by atoms with Crippen molar-refractivity contribution < 1.29 is 14.7 Å². The zero-order chi connectivity index (χ0) is 14.3. The summed E-state index contributed by atoms with van der Waals surface area (Å²) in [4.78, 5) is 21.6. The second-order valence-electron chi connectivity index (χ2n) is 4.19. The molecule has 1 amide bonds. The highest BCUT2D eigenvalue weighted by atomic mass is 35.5. The maximum atomic E-state index is 11.0. The number of carbonyl (C=O) groups is 2. The molecule has 0 heterocycles. The quantitative estimate of drug-likeness (QED) is 0.668. The minimum Gasteiger partial charge on any atom is -0.480 e. The molecule has 0 aliphatic carbocycles. The van der Waals surface area contributed by atoms with Crippen LogP contribution in [0.2, 0.25) is 5.02 Å². The Morgan fingerprint density at radius 2 is 2.05 bits per heavy atom. The van der Waals surface area contributed by atoms with Crippen LogP contribution in [-0.4, -0.2) is 29.6 Å². The molecule has 5 nitrogen and oxygen atoms in total. The smallest absolute Gasteiger partial charge is 0.320 e. The molecule has 6 heteroatoms. The molecular weight excluding hydrogens is 268 g/mol. The summed E-state index contributed by atoms with van der Waals surface area (Å²) in [6.45, 7) is 0.472. The number of aliphatic carboxylic acids is 1.